The zero-order valence-corrected chi connectivity index (χ0v) is 10.6. The summed E-state index contributed by atoms with van der Waals surface area (Å²) in [7, 11) is 0. The minimum absolute atomic E-state index is 0.123. The van der Waals surface area contributed by atoms with E-state index in [1.807, 2.05) is 5.32 Å². The molecule has 4 N–H and O–H groups in total. The monoisotopic (exact) mass is 303 g/mol. The molecule has 0 atom stereocenters. The third-order valence-corrected chi connectivity index (χ3v) is 2.58. The molecule has 5 nitrogen and oxygen atoms in total. The molecule has 0 radical (unpaired) electrons. The Morgan fingerprint density at radius 2 is 2.12 bits per heavy atom. The van der Waals surface area contributed by atoms with Gasteiger partial charge in [-0.25, -0.2) is 9.18 Å². The van der Waals surface area contributed by atoms with Gasteiger partial charge in [-0.1, -0.05) is 0 Å². The number of aryl methyl sites for hydroxylation is 1. The molecular weight excluding hydrogens is 293 g/mol. The highest BCUT2D eigenvalue weighted by molar-refractivity contribution is 9.10. The summed E-state index contributed by atoms with van der Waals surface area (Å²) in [6.45, 7) is 1.58. The second-order valence-corrected chi connectivity index (χ2v) is 4.20. The van der Waals surface area contributed by atoms with E-state index in [2.05, 4.69) is 21.2 Å². The molecule has 0 heterocycles. The van der Waals surface area contributed by atoms with Gasteiger partial charge in [0.1, 0.15) is 5.82 Å². The van der Waals surface area contributed by atoms with E-state index in [1.165, 1.54) is 12.1 Å². The number of imide groups is 1. The highest BCUT2D eigenvalue weighted by Gasteiger charge is 2.07. The number of urea groups is 1. The first-order valence-corrected chi connectivity index (χ1v) is 5.48. The van der Waals surface area contributed by atoms with Gasteiger partial charge in [0.15, 0.2) is 0 Å². The summed E-state index contributed by atoms with van der Waals surface area (Å²) in [5.74, 6) is -0.938. The molecule has 0 fully saturated rings. The number of hydrogen-bond donors (Lipinski definition) is 3. The van der Waals surface area contributed by atoms with Crippen molar-refractivity contribution in [3.63, 3.8) is 0 Å². The fourth-order valence-corrected chi connectivity index (χ4v) is 1.54. The van der Waals surface area contributed by atoms with Crippen LogP contribution in [0.2, 0.25) is 0 Å². The van der Waals surface area contributed by atoms with Crippen molar-refractivity contribution in [2.24, 2.45) is 5.73 Å². The Labute approximate surface area is 106 Å². The van der Waals surface area contributed by atoms with Gasteiger partial charge in [-0.3, -0.25) is 10.1 Å². The van der Waals surface area contributed by atoms with Crippen molar-refractivity contribution in [2.45, 2.75) is 6.92 Å². The van der Waals surface area contributed by atoms with Crippen molar-refractivity contribution in [3.8, 4) is 0 Å². The van der Waals surface area contributed by atoms with Crippen LogP contribution in [0.15, 0.2) is 16.6 Å². The summed E-state index contributed by atoms with van der Waals surface area (Å²) in [4.78, 5) is 21.5. The summed E-state index contributed by atoms with van der Waals surface area (Å²) in [5, 5.41) is 4.68. The van der Waals surface area contributed by atoms with Gasteiger partial charge < -0.3 is 11.1 Å². The maximum atomic E-state index is 13.1. The third kappa shape index (κ3) is 4.03. The van der Waals surface area contributed by atoms with Gasteiger partial charge >= 0.3 is 6.03 Å². The molecule has 7 heteroatoms. The van der Waals surface area contributed by atoms with E-state index >= 15 is 0 Å². The number of benzene rings is 1. The van der Waals surface area contributed by atoms with Crippen LogP contribution in [0, 0.1) is 12.7 Å². The Morgan fingerprint density at radius 3 is 2.71 bits per heavy atom. The molecule has 0 saturated heterocycles. The first kappa shape index (κ1) is 13.4. The SMILES string of the molecule is Cc1cc(F)c(Br)cc1NCC(=O)NC(N)=O. The Hall–Kier alpha value is -1.63. The van der Waals surface area contributed by atoms with Crippen LogP contribution in [-0.2, 0) is 4.79 Å². The second kappa shape index (κ2) is 5.62. The summed E-state index contributed by atoms with van der Waals surface area (Å²) >= 11 is 3.04. The zero-order valence-electron chi connectivity index (χ0n) is 9.01. The second-order valence-electron chi connectivity index (χ2n) is 3.35. The Balaban J connectivity index is 2.66. The molecule has 1 rings (SSSR count). The molecule has 0 bridgehead atoms. The van der Waals surface area contributed by atoms with Gasteiger partial charge in [-0.05, 0) is 40.5 Å². The number of primary amides is 1. The summed E-state index contributed by atoms with van der Waals surface area (Å²) < 4.78 is 13.4. The lowest BCUT2D eigenvalue weighted by atomic mass is 10.2. The van der Waals surface area contributed by atoms with Crippen LogP contribution in [0.3, 0.4) is 0 Å². The lowest BCUT2D eigenvalue weighted by molar-refractivity contribution is -0.118. The lowest BCUT2D eigenvalue weighted by Crippen LogP contribution is -2.38. The van der Waals surface area contributed by atoms with Crippen LogP contribution in [0.5, 0.6) is 0 Å². The summed E-state index contributed by atoms with van der Waals surface area (Å²) in [5.41, 5.74) is 6.03. The number of halogens is 2. The van der Waals surface area contributed by atoms with E-state index in [-0.39, 0.29) is 12.4 Å². The number of anilines is 1. The molecule has 0 spiro atoms. The molecular formula is C10H11BrFN3O2. The van der Waals surface area contributed by atoms with Gasteiger partial charge in [-0.2, -0.15) is 0 Å². The standard InChI is InChI=1S/C10H11BrFN3O2/c1-5-2-7(12)6(11)3-8(5)14-4-9(16)15-10(13)17/h2-3,14H,4H2,1H3,(H3,13,15,16,17). The third-order valence-electron chi connectivity index (χ3n) is 1.97. The number of carbonyl (C=O) groups excluding carboxylic acids is 2. The number of hydrogen-bond acceptors (Lipinski definition) is 3. The average molecular weight is 304 g/mol. The van der Waals surface area contributed by atoms with Crippen molar-refractivity contribution < 1.29 is 14.0 Å². The fraction of sp³-hybridized carbons (Fsp3) is 0.200. The highest BCUT2D eigenvalue weighted by Crippen LogP contribution is 2.23. The average Bonchev–Trinajstić information content (AvgIpc) is 2.20. The Morgan fingerprint density at radius 1 is 1.47 bits per heavy atom. The Kier molecular flexibility index (Phi) is 4.45. The van der Waals surface area contributed by atoms with Crippen molar-refractivity contribution in [3.05, 3.63) is 28.0 Å². The first-order chi connectivity index (χ1) is 7.90. The first-order valence-electron chi connectivity index (χ1n) is 4.69. The van der Waals surface area contributed by atoms with Gasteiger partial charge in [-0.15, -0.1) is 0 Å². The fourth-order valence-electron chi connectivity index (χ4n) is 1.19. The van der Waals surface area contributed by atoms with E-state index in [1.54, 1.807) is 6.92 Å². The molecule has 0 saturated carbocycles. The predicted octanol–water partition coefficient (Wildman–Crippen LogP) is 1.50. The van der Waals surface area contributed by atoms with Crippen LogP contribution < -0.4 is 16.4 Å². The van der Waals surface area contributed by atoms with Crippen LogP contribution >= 0.6 is 15.9 Å². The van der Waals surface area contributed by atoms with Crippen molar-refractivity contribution >= 4 is 33.6 Å². The number of carbonyl (C=O) groups is 2. The van der Waals surface area contributed by atoms with Gasteiger partial charge in [0, 0.05) is 5.69 Å². The molecule has 17 heavy (non-hydrogen) atoms. The van der Waals surface area contributed by atoms with Crippen molar-refractivity contribution in [2.75, 3.05) is 11.9 Å². The van der Waals surface area contributed by atoms with Crippen LogP contribution in [0.1, 0.15) is 5.56 Å². The molecule has 0 aromatic heterocycles. The normalized spacial score (nSPS) is 9.82. The van der Waals surface area contributed by atoms with E-state index in [0.29, 0.717) is 15.7 Å². The smallest absolute Gasteiger partial charge is 0.318 e. The molecule has 0 aliphatic heterocycles. The largest absolute Gasteiger partial charge is 0.376 e. The van der Waals surface area contributed by atoms with Gasteiger partial charge in [0.2, 0.25) is 5.91 Å². The van der Waals surface area contributed by atoms with E-state index in [0.717, 1.165) is 0 Å². The number of rotatable bonds is 3. The molecule has 1 aromatic rings. The Bertz CT molecular complexity index is 465. The summed E-state index contributed by atoms with van der Waals surface area (Å²) in [6, 6.07) is 1.94. The minimum Gasteiger partial charge on any atom is -0.376 e. The van der Waals surface area contributed by atoms with Crippen molar-refractivity contribution in [1.82, 2.24) is 5.32 Å². The van der Waals surface area contributed by atoms with Crippen LogP contribution in [-0.4, -0.2) is 18.5 Å². The molecule has 1 aromatic carbocycles. The van der Waals surface area contributed by atoms with Gasteiger partial charge in [0.05, 0.1) is 11.0 Å². The maximum absolute atomic E-state index is 13.1. The van der Waals surface area contributed by atoms with Gasteiger partial charge in [0.25, 0.3) is 0 Å². The molecule has 0 unspecified atom stereocenters. The number of nitrogens with one attached hydrogen (secondary N) is 2. The number of nitrogens with two attached hydrogens (primary N) is 1. The lowest BCUT2D eigenvalue weighted by Gasteiger charge is -2.09. The molecule has 0 aliphatic rings. The molecule has 92 valence electrons. The van der Waals surface area contributed by atoms with E-state index in [9.17, 15) is 14.0 Å². The highest BCUT2D eigenvalue weighted by atomic mass is 79.9. The zero-order chi connectivity index (χ0) is 13.0. The number of amides is 3. The predicted molar refractivity (Wildman–Crippen MR) is 65.1 cm³/mol. The van der Waals surface area contributed by atoms with E-state index < -0.39 is 11.9 Å². The molecule has 0 aliphatic carbocycles. The minimum atomic E-state index is -0.909. The van der Waals surface area contributed by atoms with E-state index in [4.69, 9.17) is 5.73 Å². The van der Waals surface area contributed by atoms with Crippen LogP contribution in [0.25, 0.3) is 0 Å². The molecule has 3 amide bonds. The summed E-state index contributed by atoms with van der Waals surface area (Å²) in [6.07, 6.45) is 0. The van der Waals surface area contributed by atoms with Crippen molar-refractivity contribution in [1.29, 1.82) is 0 Å². The maximum Gasteiger partial charge on any atom is 0.318 e. The van der Waals surface area contributed by atoms with Crippen LogP contribution in [0.4, 0.5) is 14.9 Å². The quantitative estimate of drug-likeness (QED) is 0.791. The topological polar surface area (TPSA) is 84.2 Å².